The zero-order valence-electron chi connectivity index (χ0n) is 12.8. The van der Waals surface area contributed by atoms with Crippen molar-refractivity contribution in [1.29, 1.82) is 0 Å². The number of esters is 1. The Kier molecular flexibility index (Phi) is 4.49. The Bertz CT molecular complexity index is 929. The lowest BCUT2D eigenvalue weighted by molar-refractivity contribution is 0.0732. The van der Waals surface area contributed by atoms with E-state index in [1.807, 2.05) is 30.3 Å². The van der Waals surface area contributed by atoms with Crippen LogP contribution in [0.4, 0.5) is 0 Å². The molecule has 3 rings (SSSR count). The van der Waals surface area contributed by atoms with Crippen molar-refractivity contribution in [3.05, 3.63) is 70.7 Å². The van der Waals surface area contributed by atoms with Crippen LogP contribution >= 0.6 is 11.6 Å². The molecule has 0 heterocycles. The number of carbonyl (C=O) groups excluding carboxylic acids is 2. The predicted molar refractivity (Wildman–Crippen MR) is 92.3 cm³/mol. The maximum absolute atomic E-state index is 12.6. The van der Waals surface area contributed by atoms with Crippen LogP contribution in [0.25, 0.3) is 10.8 Å². The molecule has 0 aliphatic rings. The smallest absolute Gasteiger partial charge is 0.344 e. The third-order valence-electron chi connectivity index (χ3n) is 3.59. The lowest BCUT2D eigenvalue weighted by Crippen LogP contribution is -2.10. The first-order chi connectivity index (χ1) is 11.6. The third-order valence-corrected chi connectivity index (χ3v) is 3.87. The van der Waals surface area contributed by atoms with Crippen LogP contribution in [-0.4, -0.2) is 19.4 Å². The molecule has 24 heavy (non-hydrogen) atoms. The summed E-state index contributed by atoms with van der Waals surface area (Å²) in [7, 11) is 1.41. The first-order valence-corrected chi connectivity index (χ1v) is 7.54. The second kappa shape index (κ2) is 6.72. The average Bonchev–Trinajstić information content (AvgIpc) is 2.62. The summed E-state index contributed by atoms with van der Waals surface area (Å²) in [4.78, 5) is 23.5. The van der Waals surface area contributed by atoms with Gasteiger partial charge < -0.3 is 9.47 Å². The van der Waals surface area contributed by atoms with Crippen LogP contribution in [0.5, 0.6) is 11.5 Å². The fourth-order valence-corrected chi connectivity index (χ4v) is 2.72. The second-order valence-electron chi connectivity index (χ2n) is 5.07. The van der Waals surface area contributed by atoms with Crippen LogP contribution in [0.3, 0.4) is 0 Å². The van der Waals surface area contributed by atoms with Crippen molar-refractivity contribution >= 4 is 34.6 Å². The van der Waals surface area contributed by atoms with Crippen molar-refractivity contribution in [3.63, 3.8) is 0 Å². The molecule has 0 bridgehead atoms. The van der Waals surface area contributed by atoms with E-state index in [-0.39, 0.29) is 16.5 Å². The van der Waals surface area contributed by atoms with Crippen LogP contribution in [0, 0.1) is 0 Å². The van der Waals surface area contributed by atoms with Gasteiger partial charge in [0, 0.05) is 5.56 Å². The highest BCUT2D eigenvalue weighted by Gasteiger charge is 2.18. The number of halogens is 1. The van der Waals surface area contributed by atoms with Crippen LogP contribution in [0.15, 0.2) is 54.6 Å². The first-order valence-electron chi connectivity index (χ1n) is 7.16. The van der Waals surface area contributed by atoms with Gasteiger partial charge in [-0.05, 0) is 29.0 Å². The van der Waals surface area contributed by atoms with E-state index in [9.17, 15) is 9.59 Å². The monoisotopic (exact) mass is 340 g/mol. The zero-order chi connectivity index (χ0) is 17.1. The van der Waals surface area contributed by atoms with Gasteiger partial charge in [-0.1, -0.05) is 48.0 Å². The molecule has 0 N–H and O–H groups in total. The lowest BCUT2D eigenvalue weighted by atomic mass is 10.0. The summed E-state index contributed by atoms with van der Waals surface area (Å²) < 4.78 is 10.6. The SMILES string of the molecule is COc1cc(C=O)cc(Cl)c1OC(=O)c1cccc2ccccc12. The van der Waals surface area contributed by atoms with E-state index in [1.54, 1.807) is 12.1 Å². The minimum atomic E-state index is -0.550. The van der Waals surface area contributed by atoms with Gasteiger partial charge in [0.25, 0.3) is 0 Å². The number of fused-ring (bicyclic) bond motifs is 1. The Morgan fingerprint density at radius 3 is 2.58 bits per heavy atom. The predicted octanol–water partition coefficient (Wildman–Crippen LogP) is 4.53. The van der Waals surface area contributed by atoms with Gasteiger partial charge in [-0.15, -0.1) is 0 Å². The number of rotatable bonds is 4. The molecular weight excluding hydrogens is 328 g/mol. The van der Waals surface area contributed by atoms with Gasteiger partial charge in [0.2, 0.25) is 0 Å². The number of hydrogen-bond donors (Lipinski definition) is 0. The highest BCUT2D eigenvalue weighted by molar-refractivity contribution is 6.32. The Balaban J connectivity index is 2.02. The van der Waals surface area contributed by atoms with Crippen LogP contribution in [-0.2, 0) is 0 Å². The largest absolute Gasteiger partial charge is 0.493 e. The number of benzene rings is 3. The molecule has 3 aromatic carbocycles. The van der Waals surface area contributed by atoms with E-state index >= 15 is 0 Å². The van der Waals surface area contributed by atoms with Gasteiger partial charge in [-0.3, -0.25) is 4.79 Å². The molecule has 0 amide bonds. The second-order valence-corrected chi connectivity index (χ2v) is 5.48. The van der Waals surface area contributed by atoms with Crippen LogP contribution in [0.2, 0.25) is 5.02 Å². The standard InChI is InChI=1S/C19H13ClO4/c1-23-17-10-12(11-21)9-16(20)18(17)24-19(22)15-8-4-6-13-5-2-3-7-14(13)15/h2-11H,1H3. The van der Waals surface area contributed by atoms with E-state index < -0.39 is 5.97 Å². The van der Waals surface area contributed by atoms with Crippen molar-refractivity contribution in [2.75, 3.05) is 7.11 Å². The van der Waals surface area contributed by atoms with Crippen molar-refractivity contribution in [2.45, 2.75) is 0 Å². The average molecular weight is 341 g/mol. The van der Waals surface area contributed by atoms with Crippen molar-refractivity contribution in [1.82, 2.24) is 0 Å². The molecule has 0 aliphatic heterocycles. The van der Waals surface area contributed by atoms with E-state index in [0.717, 1.165) is 10.8 Å². The topological polar surface area (TPSA) is 52.6 Å². The minimum absolute atomic E-state index is 0.0858. The minimum Gasteiger partial charge on any atom is -0.493 e. The number of hydrogen-bond acceptors (Lipinski definition) is 4. The molecule has 0 spiro atoms. The fourth-order valence-electron chi connectivity index (χ4n) is 2.46. The Hall–Kier alpha value is -2.85. The van der Waals surface area contributed by atoms with Gasteiger partial charge in [0.05, 0.1) is 17.7 Å². The van der Waals surface area contributed by atoms with Gasteiger partial charge in [-0.25, -0.2) is 4.79 Å². The molecule has 0 atom stereocenters. The highest BCUT2D eigenvalue weighted by atomic mass is 35.5. The summed E-state index contributed by atoms with van der Waals surface area (Å²) in [5, 5.41) is 1.84. The summed E-state index contributed by atoms with van der Waals surface area (Å²) in [5.74, 6) is -0.244. The molecule has 0 radical (unpaired) electrons. The molecular formula is C19H13ClO4. The summed E-state index contributed by atoms with van der Waals surface area (Å²) in [6, 6.07) is 15.8. The molecule has 120 valence electrons. The Morgan fingerprint density at radius 1 is 1.08 bits per heavy atom. The van der Waals surface area contributed by atoms with Crippen molar-refractivity contribution < 1.29 is 19.1 Å². The van der Waals surface area contributed by atoms with Crippen LogP contribution < -0.4 is 9.47 Å². The zero-order valence-corrected chi connectivity index (χ0v) is 13.5. The van der Waals surface area contributed by atoms with E-state index in [4.69, 9.17) is 21.1 Å². The molecule has 3 aromatic rings. The van der Waals surface area contributed by atoms with Crippen LogP contribution in [0.1, 0.15) is 20.7 Å². The molecule has 0 saturated heterocycles. The molecule has 0 aromatic heterocycles. The maximum Gasteiger partial charge on any atom is 0.344 e. The molecule has 5 heteroatoms. The van der Waals surface area contributed by atoms with E-state index in [0.29, 0.717) is 17.4 Å². The summed E-state index contributed by atoms with van der Waals surface area (Å²) in [5.41, 5.74) is 0.757. The fraction of sp³-hybridized carbons (Fsp3) is 0.0526. The molecule has 0 saturated carbocycles. The van der Waals surface area contributed by atoms with Gasteiger partial charge >= 0.3 is 5.97 Å². The molecule has 0 unspecified atom stereocenters. The number of ether oxygens (including phenoxy) is 2. The summed E-state index contributed by atoms with van der Waals surface area (Å²) in [6.45, 7) is 0. The first kappa shape index (κ1) is 16.0. The number of aldehydes is 1. The normalized spacial score (nSPS) is 10.4. The van der Waals surface area contributed by atoms with Crippen molar-refractivity contribution in [3.8, 4) is 11.5 Å². The molecule has 0 fully saturated rings. The van der Waals surface area contributed by atoms with Crippen molar-refractivity contribution in [2.24, 2.45) is 0 Å². The number of methoxy groups -OCH3 is 1. The maximum atomic E-state index is 12.6. The Labute approximate surface area is 143 Å². The molecule has 0 aliphatic carbocycles. The highest BCUT2D eigenvalue weighted by Crippen LogP contribution is 2.37. The summed E-state index contributed by atoms with van der Waals surface area (Å²) in [6.07, 6.45) is 0.644. The van der Waals surface area contributed by atoms with E-state index in [1.165, 1.54) is 19.2 Å². The molecule has 4 nitrogen and oxygen atoms in total. The van der Waals surface area contributed by atoms with E-state index in [2.05, 4.69) is 0 Å². The number of carbonyl (C=O) groups is 2. The quantitative estimate of drug-likeness (QED) is 0.397. The Morgan fingerprint density at radius 2 is 1.83 bits per heavy atom. The van der Waals surface area contributed by atoms with Gasteiger partial charge in [-0.2, -0.15) is 0 Å². The van der Waals surface area contributed by atoms with Gasteiger partial charge in [0.1, 0.15) is 6.29 Å². The van der Waals surface area contributed by atoms with Gasteiger partial charge in [0.15, 0.2) is 11.5 Å². The third kappa shape index (κ3) is 2.96. The summed E-state index contributed by atoms with van der Waals surface area (Å²) >= 11 is 6.13. The lowest BCUT2D eigenvalue weighted by Gasteiger charge is -2.12.